The van der Waals surface area contributed by atoms with Crippen molar-refractivity contribution in [2.45, 2.75) is 103 Å². The number of rotatable bonds is 18. The van der Waals surface area contributed by atoms with E-state index in [1.54, 1.807) is 4.90 Å². The highest BCUT2D eigenvalue weighted by atomic mass is 16.6. The summed E-state index contributed by atoms with van der Waals surface area (Å²) in [7, 11) is 0. The van der Waals surface area contributed by atoms with Gasteiger partial charge in [0, 0.05) is 24.2 Å². The number of hydrogen-bond acceptors (Lipinski definition) is 5. The van der Waals surface area contributed by atoms with Crippen molar-refractivity contribution in [3.05, 3.63) is 81.4 Å². The van der Waals surface area contributed by atoms with Crippen LogP contribution >= 0.6 is 0 Å². The van der Waals surface area contributed by atoms with Gasteiger partial charge < -0.3 is 10.0 Å². The maximum absolute atomic E-state index is 13.1. The molecule has 0 aromatic heterocycles. The van der Waals surface area contributed by atoms with Crippen LogP contribution in [0.5, 0.6) is 0 Å². The first-order valence-electron chi connectivity index (χ1n) is 15.0. The van der Waals surface area contributed by atoms with Crippen molar-refractivity contribution in [2.75, 3.05) is 6.54 Å². The number of nitro groups is 1. The zero-order valence-electron chi connectivity index (χ0n) is 23.9. The van der Waals surface area contributed by atoms with E-state index < -0.39 is 22.7 Å². The summed E-state index contributed by atoms with van der Waals surface area (Å²) in [6, 6.07) is 13.9. The third-order valence-electron chi connectivity index (χ3n) is 7.76. The van der Waals surface area contributed by atoms with E-state index in [1.807, 2.05) is 30.3 Å². The molecule has 1 aliphatic rings. The topological polar surface area (TPSA) is 101 Å². The summed E-state index contributed by atoms with van der Waals surface area (Å²) in [5.74, 6) is -1.66. The van der Waals surface area contributed by atoms with E-state index >= 15 is 0 Å². The number of nitrogens with zero attached hydrogens (tertiary/aromatic N) is 2. The van der Waals surface area contributed by atoms with E-state index in [4.69, 9.17) is 0 Å². The molecule has 0 radical (unpaired) electrons. The Kier molecular flexibility index (Phi) is 12.9. The predicted molar refractivity (Wildman–Crippen MR) is 159 cm³/mol. The van der Waals surface area contributed by atoms with Gasteiger partial charge >= 0.3 is 0 Å². The zero-order valence-corrected chi connectivity index (χ0v) is 23.9. The first-order valence-corrected chi connectivity index (χ1v) is 15.0. The van der Waals surface area contributed by atoms with Crippen molar-refractivity contribution in [2.24, 2.45) is 0 Å². The standard InChI is InChI=1S/C33H44N2O5/c1-2-3-4-5-6-7-8-9-10-11-12-13-14-18-25-34-30(26-19-16-15-17-20-26)29(32(37)33(34)38)31(36)27-21-23-28(24-22-27)35(39)40/h15-17,19-24,30,36H,2-14,18,25H2,1H3. The Bertz CT molecular complexity index is 1130. The fourth-order valence-corrected chi connectivity index (χ4v) is 5.47. The highest BCUT2D eigenvalue weighted by Crippen LogP contribution is 2.39. The number of aliphatic hydroxyl groups is 1. The number of likely N-dealkylation sites (tertiary alicyclic amines) is 1. The lowest BCUT2D eigenvalue weighted by Gasteiger charge is -2.25. The molecule has 7 nitrogen and oxygen atoms in total. The predicted octanol–water partition coefficient (Wildman–Crippen LogP) is 8.50. The Hall–Kier alpha value is -3.48. The van der Waals surface area contributed by atoms with Crippen LogP contribution < -0.4 is 0 Å². The average Bonchev–Trinajstić information content (AvgIpc) is 3.22. The van der Waals surface area contributed by atoms with E-state index in [9.17, 15) is 24.8 Å². The van der Waals surface area contributed by atoms with Crippen LogP contribution in [0.15, 0.2) is 60.2 Å². The number of benzene rings is 2. The minimum atomic E-state index is -0.727. The van der Waals surface area contributed by atoms with Crippen LogP contribution in [0.2, 0.25) is 0 Å². The van der Waals surface area contributed by atoms with Gasteiger partial charge in [0.15, 0.2) is 0 Å². The second-order valence-electron chi connectivity index (χ2n) is 10.8. The smallest absolute Gasteiger partial charge is 0.295 e. The molecule has 2 aromatic rings. The molecule has 1 amide bonds. The molecule has 216 valence electrons. The lowest BCUT2D eigenvalue weighted by Crippen LogP contribution is -2.30. The number of aliphatic hydroxyl groups excluding tert-OH is 1. The van der Waals surface area contributed by atoms with Gasteiger partial charge in [-0.15, -0.1) is 0 Å². The van der Waals surface area contributed by atoms with E-state index in [2.05, 4.69) is 6.92 Å². The molecule has 0 bridgehead atoms. The van der Waals surface area contributed by atoms with Crippen molar-refractivity contribution >= 4 is 23.1 Å². The summed E-state index contributed by atoms with van der Waals surface area (Å²) in [5.41, 5.74) is 0.918. The molecule has 1 unspecified atom stereocenters. The second-order valence-corrected chi connectivity index (χ2v) is 10.8. The van der Waals surface area contributed by atoms with E-state index in [0.717, 1.165) is 24.8 Å². The third-order valence-corrected chi connectivity index (χ3v) is 7.76. The molecule has 1 fully saturated rings. The summed E-state index contributed by atoms with van der Waals surface area (Å²) in [4.78, 5) is 38.3. The van der Waals surface area contributed by atoms with Crippen LogP contribution in [0.25, 0.3) is 5.76 Å². The summed E-state index contributed by atoms with van der Waals surface area (Å²) in [5, 5.41) is 22.1. The number of non-ortho nitro benzene ring substituents is 1. The monoisotopic (exact) mass is 548 g/mol. The molecule has 1 atom stereocenters. The number of nitro benzene ring substituents is 1. The van der Waals surface area contributed by atoms with Crippen LogP contribution in [-0.4, -0.2) is 33.2 Å². The minimum absolute atomic E-state index is 0.0235. The Morgan fingerprint density at radius 2 is 1.27 bits per heavy atom. The van der Waals surface area contributed by atoms with Crippen molar-refractivity contribution in [1.29, 1.82) is 0 Å². The Balaban J connectivity index is 1.53. The van der Waals surface area contributed by atoms with Crippen molar-refractivity contribution in [1.82, 2.24) is 4.90 Å². The maximum atomic E-state index is 13.1. The number of unbranched alkanes of at least 4 members (excludes halogenated alkanes) is 13. The van der Waals surface area contributed by atoms with Crippen molar-refractivity contribution in [3.63, 3.8) is 0 Å². The number of hydrogen-bond donors (Lipinski definition) is 1. The molecule has 1 aliphatic heterocycles. The number of Topliss-reactive ketones (excluding diaryl/α,β-unsaturated/α-hetero) is 1. The number of amides is 1. The van der Waals surface area contributed by atoms with Crippen LogP contribution in [0, 0.1) is 10.1 Å². The van der Waals surface area contributed by atoms with Gasteiger partial charge in [0.25, 0.3) is 17.4 Å². The fraction of sp³-hybridized carbons (Fsp3) is 0.515. The number of carbonyl (C=O) groups excluding carboxylic acids is 2. The SMILES string of the molecule is CCCCCCCCCCCCCCCCN1C(=O)C(=O)C(=C(O)c2ccc([N+](=O)[O-])cc2)C1c1ccccc1. The fourth-order valence-electron chi connectivity index (χ4n) is 5.47. The normalized spacial score (nSPS) is 16.5. The average molecular weight is 549 g/mol. The Morgan fingerprint density at radius 3 is 1.77 bits per heavy atom. The third kappa shape index (κ3) is 8.77. The second kappa shape index (κ2) is 16.6. The molecule has 0 spiro atoms. The zero-order chi connectivity index (χ0) is 28.7. The van der Waals surface area contributed by atoms with Crippen LogP contribution in [0.3, 0.4) is 0 Å². The molecular weight excluding hydrogens is 504 g/mol. The molecule has 3 rings (SSSR count). The molecule has 0 saturated carbocycles. The van der Waals surface area contributed by atoms with Crippen molar-refractivity contribution < 1.29 is 19.6 Å². The van der Waals surface area contributed by atoms with E-state index in [-0.39, 0.29) is 22.6 Å². The van der Waals surface area contributed by atoms with Crippen LogP contribution in [-0.2, 0) is 9.59 Å². The Morgan fingerprint density at radius 1 is 0.775 bits per heavy atom. The summed E-state index contributed by atoms with van der Waals surface area (Å²) in [6.45, 7) is 2.68. The van der Waals surface area contributed by atoms with Gasteiger partial charge in [-0.1, -0.05) is 121 Å². The summed E-state index contributed by atoms with van der Waals surface area (Å²) in [6.07, 6.45) is 17.3. The van der Waals surface area contributed by atoms with Gasteiger partial charge in [0.1, 0.15) is 5.76 Å². The summed E-state index contributed by atoms with van der Waals surface area (Å²) >= 11 is 0. The highest BCUT2D eigenvalue weighted by molar-refractivity contribution is 6.46. The van der Waals surface area contributed by atoms with E-state index in [1.165, 1.54) is 94.9 Å². The van der Waals surface area contributed by atoms with Gasteiger partial charge in [-0.3, -0.25) is 19.7 Å². The van der Waals surface area contributed by atoms with Crippen LogP contribution in [0.1, 0.15) is 114 Å². The molecule has 0 aliphatic carbocycles. The molecule has 1 heterocycles. The Labute approximate surface area is 238 Å². The van der Waals surface area contributed by atoms with Gasteiger partial charge in [0.05, 0.1) is 16.5 Å². The first kappa shape index (κ1) is 31.1. The summed E-state index contributed by atoms with van der Waals surface area (Å²) < 4.78 is 0. The molecule has 1 N–H and O–H groups in total. The largest absolute Gasteiger partial charge is 0.507 e. The maximum Gasteiger partial charge on any atom is 0.295 e. The lowest BCUT2D eigenvalue weighted by molar-refractivity contribution is -0.384. The quantitative estimate of drug-likeness (QED) is 0.0502. The van der Waals surface area contributed by atoms with Gasteiger partial charge in [-0.2, -0.15) is 0 Å². The molecule has 1 saturated heterocycles. The van der Waals surface area contributed by atoms with Gasteiger partial charge in [0.2, 0.25) is 0 Å². The minimum Gasteiger partial charge on any atom is -0.507 e. The van der Waals surface area contributed by atoms with E-state index in [0.29, 0.717) is 6.54 Å². The number of carbonyl (C=O) groups is 2. The molecule has 7 heteroatoms. The first-order chi connectivity index (χ1) is 19.5. The van der Waals surface area contributed by atoms with Gasteiger partial charge in [-0.05, 0) is 24.1 Å². The van der Waals surface area contributed by atoms with Crippen LogP contribution in [0.4, 0.5) is 5.69 Å². The van der Waals surface area contributed by atoms with Crippen molar-refractivity contribution in [3.8, 4) is 0 Å². The number of ketones is 1. The molecule has 2 aromatic carbocycles. The van der Waals surface area contributed by atoms with Gasteiger partial charge in [-0.25, -0.2) is 0 Å². The molecular formula is C33H44N2O5. The molecule has 40 heavy (non-hydrogen) atoms. The lowest BCUT2D eigenvalue weighted by atomic mass is 9.95. The highest BCUT2D eigenvalue weighted by Gasteiger charge is 2.45.